The molecule has 0 amide bonds. The number of nitrogens with one attached hydrogen (secondary N) is 1. The van der Waals surface area contributed by atoms with Crippen molar-refractivity contribution in [3.05, 3.63) is 70.8 Å². The second-order valence-corrected chi connectivity index (χ2v) is 11.1. The maximum Gasteiger partial charge on any atom is 0.439 e. The van der Waals surface area contributed by atoms with Crippen molar-refractivity contribution < 1.29 is 9.26 Å². The monoisotopic (exact) mass is 552 g/mol. The maximum atomic E-state index is 11.8. The summed E-state index contributed by atoms with van der Waals surface area (Å²) in [6.07, 6.45) is 6.46. The fourth-order valence-corrected chi connectivity index (χ4v) is 6.17. The fraction of sp³-hybridized carbons (Fsp3) is 0.400. The minimum Gasteiger partial charge on any atom is -0.377 e. The van der Waals surface area contributed by atoms with Crippen molar-refractivity contribution in [3.8, 4) is 22.9 Å². The SMILES string of the molecule is CC1CCC(Cn2c(N3CCOC[C@H]3c3ccccc3)nc3cc(-c4noc(=O)[nH]4)nc(-c4cccnn4)c32)CC1. The molecule has 41 heavy (non-hydrogen) atoms. The Hall–Kier alpha value is -4.38. The fourth-order valence-electron chi connectivity index (χ4n) is 6.17. The summed E-state index contributed by atoms with van der Waals surface area (Å²) < 4.78 is 13.1. The molecule has 1 aromatic carbocycles. The molecule has 2 fully saturated rings. The molecule has 0 spiro atoms. The summed E-state index contributed by atoms with van der Waals surface area (Å²) in [5.74, 6) is 1.77. The number of nitrogens with zero attached hydrogens (tertiary/aromatic N) is 7. The summed E-state index contributed by atoms with van der Waals surface area (Å²) in [7, 11) is 0. The predicted molar refractivity (Wildman–Crippen MR) is 153 cm³/mol. The molecular formula is C30H32N8O3. The van der Waals surface area contributed by atoms with Gasteiger partial charge in [-0.05, 0) is 48.4 Å². The molecule has 1 saturated heterocycles. The molecule has 1 aliphatic carbocycles. The third kappa shape index (κ3) is 5.01. The van der Waals surface area contributed by atoms with Gasteiger partial charge in [-0.2, -0.15) is 5.10 Å². The van der Waals surface area contributed by atoms with Gasteiger partial charge in [-0.3, -0.25) is 9.51 Å². The Labute approximate surface area is 236 Å². The topological polar surface area (TPSA) is 128 Å². The number of hydrogen-bond donors (Lipinski definition) is 1. The van der Waals surface area contributed by atoms with E-state index in [9.17, 15) is 4.79 Å². The molecule has 5 heterocycles. The normalized spacial score (nSPS) is 21.4. The molecule has 4 aromatic heterocycles. The lowest BCUT2D eigenvalue weighted by Gasteiger charge is -2.37. The van der Waals surface area contributed by atoms with E-state index in [0.29, 0.717) is 42.8 Å². The van der Waals surface area contributed by atoms with Crippen LogP contribution in [0.3, 0.4) is 0 Å². The van der Waals surface area contributed by atoms with Gasteiger partial charge < -0.3 is 14.2 Å². The maximum absolute atomic E-state index is 11.8. The standard InChI is InChI=1S/C30H32N8O3/c1-19-9-11-20(12-10-19)17-38-27-23(33-29(38)37-14-15-40-18-25(37)21-6-3-2-4-7-21)16-24(28-34-30(39)41-36-28)32-26(27)22-8-5-13-31-35-22/h2-8,13,16,19-20,25H,9-12,14-15,17-18H2,1H3,(H,34,36,39)/t19?,20?,25-/m0/s1. The van der Waals surface area contributed by atoms with E-state index in [-0.39, 0.29) is 11.9 Å². The minimum atomic E-state index is -0.639. The number of morpholine rings is 1. The number of fused-ring (bicyclic) bond motifs is 1. The molecule has 7 rings (SSSR count). The smallest absolute Gasteiger partial charge is 0.377 e. The van der Waals surface area contributed by atoms with Crippen molar-refractivity contribution in [1.82, 2.24) is 34.9 Å². The first kappa shape index (κ1) is 25.6. The van der Waals surface area contributed by atoms with Gasteiger partial charge in [0.1, 0.15) is 17.1 Å². The Bertz CT molecular complexity index is 1690. The van der Waals surface area contributed by atoms with Gasteiger partial charge in [0, 0.05) is 19.3 Å². The second-order valence-electron chi connectivity index (χ2n) is 11.1. The summed E-state index contributed by atoms with van der Waals surface area (Å²) in [6.45, 7) is 5.08. The highest BCUT2D eigenvalue weighted by Crippen LogP contribution is 2.38. The van der Waals surface area contributed by atoms with E-state index in [1.54, 1.807) is 6.20 Å². The first-order valence-corrected chi connectivity index (χ1v) is 14.3. The van der Waals surface area contributed by atoms with Crippen LogP contribution in [0.15, 0.2) is 64.0 Å². The van der Waals surface area contributed by atoms with Gasteiger partial charge in [0.15, 0.2) is 0 Å². The summed E-state index contributed by atoms with van der Waals surface area (Å²) in [5, 5.41) is 12.5. The van der Waals surface area contributed by atoms with Crippen molar-refractivity contribution in [1.29, 1.82) is 0 Å². The van der Waals surface area contributed by atoms with Gasteiger partial charge in [0.2, 0.25) is 11.8 Å². The highest BCUT2D eigenvalue weighted by molar-refractivity contribution is 5.93. The van der Waals surface area contributed by atoms with Gasteiger partial charge in [-0.1, -0.05) is 55.3 Å². The lowest BCUT2D eigenvalue weighted by Crippen LogP contribution is -2.41. The third-order valence-corrected chi connectivity index (χ3v) is 8.35. The van der Waals surface area contributed by atoms with E-state index >= 15 is 0 Å². The van der Waals surface area contributed by atoms with E-state index in [1.807, 2.05) is 24.3 Å². The van der Waals surface area contributed by atoms with Gasteiger partial charge in [0.05, 0.1) is 30.3 Å². The number of H-pyrrole nitrogens is 1. The average Bonchev–Trinajstić information content (AvgIpc) is 3.62. The van der Waals surface area contributed by atoms with Crippen molar-refractivity contribution in [2.45, 2.75) is 45.2 Å². The Morgan fingerprint density at radius 2 is 1.88 bits per heavy atom. The van der Waals surface area contributed by atoms with Crippen LogP contribution >= 0.6 is 0 Å². The largest absolute Gasteiger partial charge is 0.439 e. The van der Waals surface area contributed by atoms with Crippen LogP contribution in [0, 0.1) is 11.8 Å². The highest BCUT2D eigenvalue weighted by Gasteiger charge is 2.32. The number of ether oxygens (including phenoxy) is 1. The van der Waals surface area contributed by atoms with Crippen molar-refractivity contribution in [2.24, 2.45) is 11.8 Å². The van der Waals surface area contributed by atoms with Crippen molar-refractivity contribution in [2.75, 3.05) is 24.7 Å². The van der Waals surface area contributed by atoms with E-state index in [4.69, 9.17) is 19.2 Å². The summed E-state index contributed by atoms with van der Waals surface area (Å²) in [6, 6.07) is 16.1. The van der Waals surface area contributed by atoms with Crippen molar-refractivity contribution in [3.63, 3.8) is 0 Å². The van der Waals surface area contributed by atoms with Crippen LogP contribution in [0.4, 0.5) is 5.95 Å². The molecule has 2 aliphatic rings. The van der Waals surface area contributed by atoms with Crippen LogP contribution in [0.1, 0.15) is 44.2 Å². The zero-order valence-corrected chi connectivity index (χ0v) is 22.9. The van der Waals surface area contributed by atoms with Gasteiger partial charge in [0.25, 0.3) is 0 Å². The van der Waals surface area contributed by atoms with E-state index in [2.05, 4.69) is 61.0 Å². The van der Waals surface area contributed by atoms with E-state index in [1.165, 1.54) is 31.2 Å². The predicted octanol–water partition coefficient (Wildman–Crippen LogP) is 4.64. The molecule has 11 nitrogen and oxygen atoms in total. The molecule has 1 N–H and O–H groups in total. The number of aromatic amines is 1. The summed E-state index contributed by atoms with van der Waals surface area (Å²) in [5.41, 5.74) is 4.54. The second kappa shape index (κ2) is 10.9. The first-order valence-electron chi connectivity index (χ1n) is 14.3. The van der Waals surface area contributed by atoms with E-state index in [0.717, 1.165) is 29.4 Å². The average molecular weight is 553 g/mol. The van der Waals surface area contributed by atoms with Crippen LogP contribution in [0.5, 0.6) is 0 Å². The number of aromatic nitrogens is 7. The van der Waals surface area contributed by atoms with Crippen LogP contribution in [0.2, 0.25) is 0 Å². The van der Waals surface area contributed by atoms with Gasteiger partial charge in [-0.15, -0.1) is 5.10 Å². The molecule has 0 radical (unpaired) electrons. The molecule has 5 aromatic rings. The molecule has 0 bridgehead atoms. The zero-order chi connectivity index (χ0) is 27.8. The summed E-state index contributed by atoms with van der Waals surface area (Å²) >= 11 is 0. The summed E-state index contributed by atoms with van der Waals surface area (Å²) in [4.78, 5) is 27.0. The number of hydrogen-bond acceptors (Lipinski definition) is 9. The van der Waals surface area contributed by atoms with E-state index < -0.39 is 5.76 Å². The molecule has 0 unspecified atom stereocenters. The Kier molecular flexibility index (Phi) is 6.79. The van der Waals surface area contributed by atoms with Gasteiger partial charge >= 0.3 is 5.76 Å². The van der Waals surface area contributed by atoms with Gasteiger partial charge in [-0.25, -0.2) is 14.8 Å². The Morgan fingerprint density at radius 3 is 2.63 bits per heavy atom. The molecule has 11 heteroatoms. The Balaban J connectivity index is 1.44. The molecular weight excluding hydrogens is 520 g/mol. The minimum absolute atomic E-state index is 0.0196. The van der Waals surface area contributed by atoms with Crippen molar-refractivity contribution >= 4 is 17.0 Å². The van der Waals surface area contributed by atoms with Crippen LogP contribution in [-0.2, 0) is 11.3 Å². The first-order chi connectivity index (χ1) is 20.1. The quantitative estimate of drug-likeness (QED) is 0.320. The number of rotatable bonds is 6. The van der Waals surface area contributed by atoms with Crippen LogP contribution in [-0.4, -0.2) is 54.6 Å². The lowest BCUT2D eigenvalue weighted by atomic mass is 9.83. The molecule has 210 valence electrons. The molecule has 1 aliphatic heterocycles. The third-order valence-electron chi connectivity index (χ3n) is 8.35. The number of imidazole rings is 1. The zero-order valence-electron chi connectivity index (χ0n) is 22.9. The molecule has 1 saturated carbocycles. The van der Waals surface area contributed by atoms with Crippen LogP contribution < -0.4 is 10.7 Å². The highest BCUT2D eigenvalue weighted by atomic mass is 16.5. The molecule has 1 atom stereocenters. The lowest BCUT2D eigenvalue weighted by molar-refractivity contribution is 0.0927. The van der Waals surface area contributed by atoms with Crippen LogP contribution in [0.25, 0.3) is 33.9 Å². The number of pyridine rings is 1. The Morgan fingerprint density at radius 1 is 1.02 bits per heavy atom. The number of anilines is 1. The number of benzene rings is 1.